The summed E-state index contributed by atoms with van der Waals surface area (Å²) in [4.78, 5) is 13.5. The van der Waals surface area contributed by atoms with Crippen molar-refractivity contribution in [2.24, 2.45) is 0 Å². The Kier molecular flexibility index (Phi) is 5.15. The molecule has 100 valence electrons. The third-order valence-corrected chi connectivity index (χ3v) is 2.88. The number of anilines is 1. The van der Waals surface area contributed by atoms with E-state index >= 15 is 0 Å². The second-order valence-corrected chi connectivity index (χ2v) is 4.36. The van der Waals surface area contributed by atoms with E-state index in [0.717, 1.165) is 6.07 Å². The first-order valence-electron chi connectivity index (χ1n) is 4.95. The van der Waals surface area contributed by atoms with E-state index in [9.17, 15) is 20.3 Å². The number of rotatable bonds is 5. The maximum Gasteiger partial charge on any atom is 0.311 e. The summed E-state index contributed by atoms with van der Waals surface area (Å²) >= 11 is 9.66. The molecular formula is C9H12ClN3O4S. The van der Waals surface area contributed by atoms with E-state index in [4.69, 9.17) is 17.3 Å². The third-order valence-electron chi connectivity index (χ3n) is 2.32. The molecule has 1 rings (SSSR count). The fraction of sp³-hybridized carbons (Fsp3) is 0.444. The van der Waals surface area contributed by atoms with Gasteiger partial charge in [0.2, 0.25) is 5.82 Å². The van der Waals surface area contributed by atoms with Crippen LogP contribution in [0.4, 0.5) is 11.5 Å². The molecule has 0 saturated heterocycles. The van der Waals surface area contributed by atoms with Crippen LogP contribution in [0, 0.1) is 10.1 Å². The summed E-state index contributed by atoms with van der Waals surface area (Å²) in [6.45, 7) is 0. The Hall–Kier alpha value is -1.09. The van der Waals surface area contributed by atoms with E-state index in [0.29, 0.717) is 5.75 Å². The highest BCUT2D eigenvalue weighted by atomic mass is 35.5. The molecule has 0 aliphatic carbocycles. The van der Waals surface area contributed by atoms with Crippen LogP contribution in [0.15, 0.2) is 6.07 Å². The van der Waals surface area contributed by atoms with Crippen molar-refractivity contribution in [2.75, 3.05) is 11.5 Å². The average Bonchev–Trinajstić information content (AvgIpc) is 2.28. The van der Waals surface area contributed by atoms with Crippen molar-refractivity contribution >= 4 is 35.7 Å². The van der Waals surface area contributed by atoms with Crippen molar-refractivity contribution in [1.82, 2.24) is 4.98 Å². The molecule has 0 aliphatic heterocycles. The first kappa shape index (κ1) is 15.0. The van der Waals surface area contributed by atoms with Crippen molar-refractivity contribution in [3.63, 3.8) is 0 Å². The number of nitrogen functional groups attached to an aromatic ring is 1. The minimum Gasteiger partial charge on any atom is -0.390 e. The predicted molar refractivity (Wildman–Crippen MR) is 69.8 cm³/mol. The quantitative estimate of drug-likeness (QED) is 0.277. The van der Waals surface area contributed by atoms with Crippen LogP contribution in [0.2, 0.25) is 5.15 Å². The molecule has 1 aromatic rings. The summed E-state index contributed by atoms with van der Waals surface area (Å²) in [7, 11) is 0. The van der Waals surface area contributed by atoms with Crippen LogP contribution in [0.25, 0.3) is 0 Å². The highest BCUT2D eigenvalue weighted by molar-refractivity contribution is 7.80. The zero-order valence-corrected chi connectivity index (χ0v) is 10.8. The normalized spacial score (nSPS) is 14.2. The zero-order valence-electron chi connectivity index (χ0n) is 9.15. The fourth-order valence-electron chi connectivity index (χ4n) is 1.36. The number of hydrogen-bond acceptors (Lipinski definition) is 7. The van der Waals surface area contributed by atoms with E-state index in [2.05, 4.69) is 17.6 Å². The lowest BCUT2D eigenvalue weighted by molar-refractivity contribution is -0.384. The largest absolute Gasteiger partial charge is 0.390 e. The molecule has 2 atom stereocenters. The van der Waals surface area contributed by atoms with Crippen LogP contribution >= 0.6 is 24.2 Å². The predicted octanol–water partition coefficient (Wildman–Crippen LogP) is 0.940. The first-order chi connectivity index (χ1) is 8.38. The van der Waals surface area contributed by atoms with Gasteiger partial charge >= 0.3 is 5.69 Å². The number of aliphatic hydroxyl groups excluding tert-OH is 2. The van der Waals surface area contributed by atoms with Gasteiger partial charge in [0.1, 0.15) is 11.3 Å². The van der Waals surface area contributed by atoms with Gasteiger partial charge in [0.25, 0.3) is 0 Å². The Balaban J connectivity index is 3.15. The summed E-state index contributed by atoms with van der Waals surface area (Å²) in [6.07, 6.45) is -2.31. The van der Waals surface area contributed by atoms with E-state index in [1.807, 2.05) is 0 Å². The number of nitrogens with two attached hydrogens (primary N) is 1. The average molecular weight is 294 g/mol. The van der Waals surface area contributed by atoms with E-state index in [1.54, 1.807) is 0 Å². The summed E-state index contributed by atoms with van der Waals surface area (Å²) < 4.78 is 0. The van der Waals surface area contributed by atoms with Crippen molar-refractivity contribution < 1.29 is 15.1 Å². The maximum atomic E-state index is 10.7. The van der Waals surface area contributed by atoms with Crippen molar-refractivity contribution in [3.8, 4) is 0 Å². The Bertz CT molecular complexity index is 460. The number of nitro groups is 1. The molecule has 0 bridgehead atoms. The lowest BCUT2D eigenvalue weighted by atomic mass is 10.0. The summed E-state index contributed by atoms with van der Waals surface area (Å²) in [5.41, 5.74) is 4.83. The van der Waals surface area contributed by atoms with Gasteiger partial charge in [-0.1, -0.05) is 11.6 Å². The highest BCUT2D eigenvalue weighted by Crippen LogP contribution is 2.31. The van der Waals surface area contributed by atoms with Crippen LogP contribution in [0.3, 0.4) is 0 Å². The first-order valence-corrected chi connectivity index (χ1v) is 5.96. The monoisotopic (exact) mass is 293 g/mol. The van der Waals surface area contributed by atoms with Gasteiger partial charge in [-0.15, -0.1) is 0 Å². The fourth-order valence-corrected chi connectivity index (χ4v) is 1.88. The topological polar surface area (TPSA) is 123 Å². The van der Waals surface area contributed by atoms with Gasteiger partial charge in [-0.2, -0.15) is 12.6 Å². The SMILES string of the molecule is Nc1nc(Cl)c(C(O)C(O)CCS)cc1[N+](=O)[O-]. The Morgan fingerprint density at radius 2 is 2.22 bits per heavy atom. The lowest BCUT2D eigenvalue weighted by Gasteiger charge is -2.18. The number of hydrogen-bond donors (Lipinski definition) is 4. The van der Waals surface area contributed by atoms with Gasteiger partial charge in [-0.05, 0) is 12.2 Å². The van der Waals surface area contributed by atoms with Crippen LogP contribution in [-0.4, -0.2) is 32.0 Å². The molecule has 1 heterocycles. The Morgan fingerprint density at radius 3 is 2.72 bits per heavy atom. The number of nitrogens with zero attached hydrogens (tertiary/aromatic N) is 2. The molecule has 2 unspecified atom stereocenters. The number of halogens is 1. The van der Waals surface area contributed by atoms with Crippen LogP contribution < -0.4 is 5.73 Å². The number of pyridine rings is 1. The molecule has 0 aromatic carbocycles. The summed E-state index contributed by atoms with van der Waals surface area (Å²) in [5.74, 6) is 0.00463. The molecular weight excluding hydrogens is 282 g/mol. The summed E-state index contributed by atoms with van der Waals surface area (Å²) in [5, 5.41) is 29.9. The molecule has 9 heteroatoms. The van der Waals surface area contributed by atoms with Gasteiger partial charge < -0.3 is 15.9 Å². The van der Waals surface area contributed by atoms with E-state index in [-0.39, 0.29) is 23.0 Å². The molecule has 0 amide bonds. The van der Waals surface area contributed by atoms with E-state index < -0.39 is 22.8 Å². The van der Waals surface area contributed by atoms with Gasteiger partial charge in [-0.3, -0.25) is 10.1 Å². The van der Waals surface area contributed by atoms with Crippen LogP contribution in [-0.2, 0) is 0 Å². The molecule has 4 N–H and O–H groups in total. The second-order valence-electron chi connectivity index (χ2n) is 3.55. The maximum absolute atomic E-state index is 10.7. The Labute approximate surface area is 113 Å². The highest BCUT2D eigenvalue weighted by Gasteiger charge is 2.25. The van der Waals surface area contributed by atoms with Crippen molar-refractivity contribution in [3.05, 3.63) is 26.9 Å². The molecule has 0 saturated carbocycles. The van der Waals surface area contributed by atoms with Gasteiger partial charge in [0.05, 0.1) is 11.0 Å². The lowest BCUT2D eigenvalue weighted by Crippen LogP contribution is -2.19. The zero-order chi connectivity index (χ0) is 13.9. The molecule has 0 radical (unpaired) electrons. The number of aliphatic hydroxyl groups is 2. The van der Waals surface area contributed by atoms with Gasteiger partial charge in [-0.25, -0.2) is 4.98 Å². The van der Waals surface area contributed by atoms with Gasteiger partial charge in [0.15, 0.2) is 0 Å². The molecule has 7 nitrogen and oxygen atoms in total. The molecule has 1 aromatic heterocycles. The second kappa shape index (κ2) is 6.19. The van der Waals surface area contributed by atoms with Crippen molar-refractivity contribution in [1.29, 1.82) is 0 Å². The standard InChI is InChI=1S/C9H12ClN3O4S/c10-8-4(7(15)6(14)1-2-18)3-5(13(16)17)9(11)12-8/h3,6-7,14-15,18H,1-2H2,(H2,11,12). The molecule has 0 spiro atoms. The Morgan fingerprint density at radius 1 is 1.61 bits per heavy atom. The van der Waals surface area contributed by atoms with E-state index in [1.165, 1.54) is 0 Å². The minimum absolute atomic E-state index is 0.0353. The smallest absolute Gasteiger partial charge is 0.311 e. The van der Waals surface area contributed by atoms with Crippen LogP contribution in [0.5, 0.6) is 0 Å². The molecule has 18 heavy (non-hydrogen) atoms. The van der Waals surface area contributed by atoms with Crippen molar-refractivity contribution in [2.45, 2.75) is 18.6 Å². The molecule has 0 fully saturated rings. The van der Waals surface area contributed by atoms with Gasteiger partial charge in [0, 0.05) is 11.6 Å². The number of thiol groups is 1. The third kappa shape index (κ3) is 3.22. The number of aromatic nitrogens is 1. The summed E-state index contributed by atoms with van der Waals surface area (Å²) in [6, 6.07) is 1.01. The van der Waals surface area contributed by atoms with Crippen LogP contribution in [0.1, 0.15) is 18.1 Å². The molecule has 0 aliphatic rings. The minimum atomic E-state index is -1.38.